The summed E-state index contributed by atoms with van der Waals surface area (Å²) in [6.07, 6.45) is 0. The molecule has 0 saturated heterocycles. The number of carbonyl (C=O) groups excluding carboxylic acids is 2. The largest absolute Gasteiger partial charge is 0.324 e. The van der Waals surface area contributed by atoms with Crippen molar-refractivity contribution in [2.75, 3.05) is 10.6 Å². The number of anilines is 2. The topological polar surface area (TPSA) is 58.2 Å². The second-order valence-corrected chi connectivity index (χ2v) is 7.76. The summed E-state index contributed by atoms with van der Waals surface area (Å²) in [7, 11) is 0. The van der Waals surface area contributed by atoms with Gasteiger partial charge in [0.25, 0.3) is 11.7 Å². The van der Waals surface area contributed by atoms with E-state index in [0.717, 1.165) is 4.90 Å². The summed E-state index contributed by atoms with van der Waals surface area (Å²) >= 11 is 1.89. The molecule has 3 rings (SSSR count). The zero-order valence-corrected chi connectivity index (χ0v) is 14.7. The second-order valence-electron chi connectivity index (χ2n) is 5.32. The van der Waals surface area contributed by atoms with Crippen molar-refractivity contribution in [3.63, 3.8) is 0 Å². The Morgan fingerprint density at radius 3 is 2.64 bits per heavy atom. The average Bonchev–Trinajstić information content (AvgIpc) is 2.57. The molecule has 0 fully saturated rings. The van der Waals surface area contributed by atoms with Gasteiger partial charge in [0.15, 0.2) is 0 Å². The maximum Gasteiger partial charge on any atom is 0.288 e. The van der Waals surface area contributed by atoms with Crippen LogP contribution in [0.3, 0.4) is 0 Å². The highest BCUT2D eigenvalue weighted by Crippen LogP contribution is 2.36. The number of hydrogen-bond acceptors (Lipinski definition) is 4. The van der Waals surface area contributed by atoms with E-state index in [4.69, 9.17) is 0 Å². The van der Waals surface area contributed by atoms with Crippen LogP contribution in [0.1, 0.15) is 17.3 Å². The number of fused-ring (bicyclic) bond motifs is 1. The molecule has 2 N–H and O–H groups in total. The van der Waals surface area contributed by atoms with Gasteiger partial charge >= 0.3 is 0 Å². The molecule has 2 aromatic carbocycles. The number of hydrogen-bond donors (Lipinski definition) is 2. The van der Waals surface area contributed by atoms with E-state index in [-0.39, 0.29) is 17.1 Å². The van der Waals surface area contributed by atoms with Gasteiger partial charge in [-0.2, -0.15) is 8.78 Å². The van der Waals surface area contributed by atoms with Crippen LogP contribution in [0.4, 0.5) is 20.2 Å². The standard InChI is InChI=1S/C17H14F2N2O2S2/c1-9-15(22)21-13-8-10(2-7-14(13)24-9)16(23)20-11-3-5-12(6-4-11)25-17(18)19/h2-9,17H,1H3,(H,20,23)(H,21,22). The first kappa shape index (κ1) is 17.8. The van der Waals surface area contributed by atoms with Crippen molar-refractivity contribution in [1.82, 2.24) is 0 Å². The molecule has 8 heteroatoms. The summed E-state index contributed by atoms with van der Waals surface area (Å²) in [5.74, 6) is -2.91. The molecule has 0 saturated carbocycles. The molecule has 0 radical (unpaired) electrons. The van der Waals surface area contributed by atoms with E-state index in [1.54, 1.807) is 30.3 Å². The van der Waals surface area contributed by atoms with E-state index < -0.39 is 5.76 Å². The van der Waals surface area contributed by atoms with Crippen molar-refractivity contribution in [3.05, 3.63) is 48.0 Å². The Hall–Kier alpha value is -2.06. The summed E-state index contributed by atoms with van der Waals surface area (Å²) in [4.78, 5) is 25.4. The van der Waals surface area contributed by atoms with Crippen LogP contribution in [0, 0.1) is 0 Å². The quantitative estimate of drug-likeness (QED) is 0.756. The minimum absolute atomic E-state index is 0.0952. The minimum Gasteiger partial charge on any atom is -0.324 e. The Kier molecular flexibility index (Phi) is 5.29. The fourth-order valence-electron chi connectivity index (χ4n) is 2.27. The van der Waals surface area contributed by atoms with Crippen LogP contribution in [0.5, 0.6) is 0 Å². The summed E-state index contributed by atoms with van der Waals surface area (Å²) in [6, 6.07) is 11.3. The van der Waals surface area contributed by atoms with Crippen LogP contribution in [0.2, 0.25) is 0 Å². The van der Waals surface area contributed by atoms with Crippen LogP contribution < -0.4 is 10.6 Å². The zero-order chi connectivity index (χ0) is 18.0. The smallest absolute Gasteiger partial charge is 0.288 e. The highest BCUT2D eigenvalue weighted by Gasteiger charge is 2.23. The fraction of sp³-hybridized carbons (Fsp3) is 0.176. The van der Waals surface area contributed by atoms with Crippen LogP contribution in [-0.2, 0) is 4.79 Å². The number of rotatable bonds is 4. The molecule has 0 bridgehead atoms. The number of carbonyl (C=O) groups is 2. The van der Waals surface area contributed by atoms with Crippen molar-refractivity contribution in [3.8, 4) is 0 Å². The first-order valence-corrected chi connectivity index (χ1v) is 9.16. The number of thioether (sulfide) groups is 2. The lowest BCUT2D eigenvalue weighted by Crippen LogP contribution is -2.26. The first-order valence-electron chi connectivity index (χ1n) is 7.40. The lowest BCUT2D eigenvalue weighted by molar-refractivity contribution is -0.115. The van der Waals surface area contributed by atoms with E-state index in [1.807, 2.05) is 6.92 Å². The van der Waals surface area contributed by atoms with Crippen LogP contribution >= 0.6 is 23.5 Å². The van der Waals surface area contributed by atoms with Crippen molar-refractivity contribution in [2.45, 2.75) is 27.7 Å². The Morgan fingerprint density at radius 1 is 1.24 bits per heavy atom. The molecule has 1 aliphatic heterocycles. The van der Waals surface area contributed by atoms with Gasteiger partial charge in [0.2, 0.25) is 5.91 Å². The van der Waals surface area contributed by atoms with Gasteiger partial charge in [-0.3, -0.25) is 9.59 Å². The maximum absolute atomic E-state index is 12.4. The van der Waals surface area contributed by atoms with E-state index in [1.165, 1.54) is 23.9 Å². The van der Waals surface area contributed by atoms with Crippen LogP contribution in [0.25, 0.3) is 0 Å². The number of amides is 2. The number of nitrogens with one attached hydrogen (secondary N) is 2. The van der Waals surface area contributed by atoms with Crippen LogP contribution in [0.15, 0.2) is 52.3 Å². The van der Waals surface area contributed by atoms with Crippen molar-refractivity contribution in [1.29, 1.82) is 0 Å². The molecule has 1 heterocycles. The first-order chi connectivity index (χ1) is 11.9. The van der Waals surface area contributed by atoms with Gasteiger partial charge in [-0.15, -0.1) is 11.8 Å². The van der Waals surface area contributed by atoms with E-state index in [2.05, 4.69) is 10.6 Å². The molecule has 0 aromatic heterocycles. The monoisotopic (exact) mass is 380 g/mol. The number of alkyl halides is 2. The highest BCUT2D eigenvalue weighted by atomic mass is 32.2. The summed E-state index contributed by atoms with van der Waals surface area (Å²) in [5.41, 5.74) is 1.53. The minimum atomic E-state index is -2.48. The number of benzene rings is 2. The van der Waals surface area contributed by atoms with Gasteiger partial charge in [0.05, 0.1) is 10.9 Å². The molecule has 2 amide bonds. The molecule has 0 spiro atoms. The second kappa shape index (κ2) is 7.45. The van der Waals surface area contributed by atoms with Gasteiger partial charge in [-0.1, -0.05) is 11.8 Å². The molecular formula is C17H14F2N2O2S2. The Bertz CT molecular complexity index is 813. The lowest BCUT2D eigenvalue weighted by atomic mass is 10.1. The molecule has 1 aliphatic rings. The summed E-state index contributed by atoms with van der Waals surface area (Å²) in [6.45, 7) is 1.82. The molecule has 1 unspecified atom stereocenters. The van der Waals surface area contributed by atoms with Gasteiger partial charge in [0.1, 0.15) is 0 Å². The van der Waals surface area contributed by atoms with E-state index in [0.29, 0.717) is 33.6 Å². The fourth-order valence-corrected chi connectivity index (χ4v) is 3.70. The lowest BCUT2D eigenvalue weighted by Gasteiger charge is -2.21. The van der Waals surface area contributed by atoms with Crippen molar-refractivity contribution in [2.24, 2.45) is 0 Å². The normalized spacial score (nSPS) is 16.3. The molecule has 130 valence electrons. The average molecular weight is 380 g/mol. The van der Waals surface area contributed by atoms with E-state index >= 15 is 0 Å². The third-order valence-corrected chi connectivity index (χ3v) is 5.41. The van der Waals surface area contributed by atoms with Crippen molar-refractivity contribution < 1.29 is 18.4 Å². The Balaban J connectivity index is 1.71. The molecular weight excluding hydrogens is 366 g/mol. The zero-order valence-electron chi connectivity index (χ0n) is 13.1. The number of halogens is 2. The Morgan fingerprint density at radius 2 is 1.96 bits per heavy atom. The van der Waals surface area contributed by atoms with Gasteiger partial charge < -0.3 is 10.6 Å². The highest BCUT2D eigenvalue weighted by molar-refractivity contribution is 8.01. The maximum atomic E-state index is 12.4. The third-order valence-electron chi connectivity index (χ3n) is 3.51. The SMILES string of the molecule is CC1Sc2ccc(C(=O)Nc3ccc(SC(F)F)cc3)cc2NC1=O. The molecule has 4 nitrogen and oxygen atoms in total. The van der Waals surface area contributed by atoms with Crippen LogP contribution in [-0.4, -0.2) is 22.8 Å². The molecule has 1 atom stereocenters. The summed E-state index contributed by atoms with van der Waals surface area (Å²) < 4.78 is 24.6. The Labute approximate surface area is 151 Å². The predicted octanol–water partition coefficient (Wildman–Crippen LogP) is 4.69. The molecule has 25 heavy (non-hydrogen) atoms. The summed E-state index contributed by atoms with van der Waals surface area (Å²) in [5, 5.41) is 5.32. The molecule has 0 aliphatic carbocycles. The van der Waals surface area contributed by atoms with E-state index in [9.17, 15) is 18.4 Å². The van der Waals surface area contributed by atoms with Gasteiger partial charge in [-0.25, -0.2) is 0 Å². The van der Waals surface area contributed by atoms with Crippen molar-refractivity contribution >= 4 is 46.7 Å². The van der Waals surface area contributed by atoms with Gasteiger partial charge in [-0.05, 0) is 49.4 Å². The molecule has 2 aromatic rings. The van der Waals surface area contributed by atoms with Gasteiger partial charge in [0, 0.05) is 21.0 Å². The third kappa shape index (κ3) is 4.32. The predicted molar refractivity (Wildman–Crippen MR) is 96.6 cm³/mol.